The van der Waals surface area contributed by atoms with E-state index in [4.69, 9.17) is 29.9 Å². The van der Waals surface area contributed by atoms with E-state index in [2.05, 4.69) is 346 Å². The minimum atomic E-state index is 0.630. The van der Waals surface area contributed by atoms with Crippen molar-refractivity contribution >= 4 is 150 Å². The lowest BCUT2D eigenvalue weighted by Crippen LogP contribution is -2.01. The van der Waals surface area contributed by atoms with Gasteiger partial charge in [-0.25, -0.2) is 29.9 Å². The summed E-state index contributed by atoms with van der Waals surface area (Å²) in [6.07, 6.45) is 0. The van der Waals surface area contributed by atoms with Crippen LogP contribution in [0.3, 0.4) is 0 Å². The molecule has 8 heterocycles. The Morgan fingerprint density at radius 3 is 0.795 bits per heavy atom. The Bertz CT molecular complexity index is 9160. The van der Waals surface area contributed by atoms with Crippen molar-refractivity contribution in [3.05, 3.63) is 449 Å². The van der Waals surface area contributed by atoms with Crippen LogP contribution in [0.5, 0.6) is 0 Å². The van der Waals surface area contributed by atoms with Gasteiger partial charge in [-0.1, -0.05) is 346 Å². The maximum absolute atomic E-state index is 5.05. The molecule has 27 rings (SSSR count). The largest absolute Gasteiger partial charge is 0.309 e. The number of aromatic nitrogens is 10. The monoisotopic (exact) mass is 1720 g/mol. The molecule has 0 saturated carbocycles. The summed E-state index contributed by atoms with van der Waals surface area (Å²) in [5.41, 5.74) is 26.8. The van der Waals surface area contributed by atoms with Crippen molar-refractivity contribution in [1.29, 1.82) is 0 Å². The second kappa shape index (κ2) is 31.4. The lowest BCUT2D eigenvalue weighted by Gasteiger charge is -2.12. The fraction of sp³-hybridized carbons (Fsp3) is 0. The van der Waals surface area contributed by atoms with Gasteiger partial charge in [0, 0.05) is 130 Å². The van der Waals surface area contributed by atoms with E-state index in [0.29, 0.717) is 34.9 Å². The molecule has 27 aromatic rings. The van der Waals surface area contributed by atoms with Gasteiger partial charge in [0.15, 0.2) is 34.9 Å². The van der Waals surface area contributed by atoms with E-state index >= 15 is 0 Å². The molecule has 0 atom stereocenters. The van der Waals surface area contributed by atoms with Crippen LogP contribution in [-0.2, 0) is 0 Å². The third-order valence-electron chi connectivity index (χ3n) is 25.9. The smallest absolute Gasteiger partial charge is 0.164 e. The van der Waals surface area contributed by atoms with Crippen LogP contribution in [0, 0.1) is 0 Å². The minimum absolute atomic E-state index is 0.630. The van der Waals surface area contributed by atoms with Crippen LogP contribution in [0.25, 0.3) is 252 Å². The number of fused-ring (bicyclic) bond motifs is 20. The molecule has 0 unspecified atom stereocenters. The van der Waals surface area contributed by atoms with Gasteiger partial charge in [-0.15, -0.1) is 22.7 Å². The number of hydrogen-bond donors (Lipinski definition) is 0. The fourth-order valence-corrected chi connectivity index (χ4v) is 22.7. The van der Waals surface area contributed by atoms with Crippen molar-refractivity contribution in [1.82, 2.24) is 48.2 Å². The summed E-state index contributed by atoms with van der Waals surface area (Å²) in [5, 5.41) is 15.1. The summed E-state index contributed by atoms with van der Waals surface area (Å²) in [7, 11) is 0. The Kier molecular flexibility index (Phi) is 18.1. The first-order valence-electron chi connectivity index (χ1n) is 44.5. The Morgan fingerprint density at radius 1 is 0.144 bits per heavy atom. The van der Waals surface area contributed by atoms with E-state index in [1.165, 1.54) is 145 Å². The third-order valence-corrected chi connectivity index (χ3v) is 28.4. The zero-order valence-corrected chi connectivity index (χ0v) is 72.6. The van der Waals surface area contributed by atoms with E-state index in [9.17, 15) is 0 Å². The zero-order chi connectivity index (χ0) is 86.9. The average Bonchev–Trinajstić information content (AvgIpc) is 1.55. The van der Waals surface area contributed by atoms with Gasteiger partial charge in [0.2, 0.25) is 0 Å². The lowest BCUT2D eigenvalue weighted by atomic mass is 10.00. The number of para-hydroxylation sites is 6. The standard InChI is InChI=1S/C63H39N5S.C57H35N5S/c1-4-17-40(18-5-1)61-64-62(41-19-6-2-7-20-41)66-63(65-61)45-23-14-21-42(37-45)43-22-15-26-47(38-43)67-55-31-12-11-28-50(55)54-39-44(33-36-57(54)67)48-29-16-30-52-53-35-34-51-49-27-10-13-32-56(49)68(46-24-8-3-9-25-46)58(51)60(53)69-59(48)52;1-4-16-36(17-5-1)55-58-56(37-18-6-2-7-19-37)60-57(59-55)39-20-14-23-41(34-39)61-49-28-12-11-25-44(49)48-35-38(30-33-51(48)61)42-26-15-27-46-47-32-31-45-43-24-10-13-29-50(43)62(40-21-8-3-9-22-40)52(45)54(47)63-53(42)46/h1-39H;1-35H. The Balaban J connectivity index is 0.000000139. The highest BCUT2D eigenvalue weighted by Gasteiger charge is 2.26. The summed E-state index contributed by atoms with van der Waals surface area (Å²) in [5.74, 6) is 3.84. The lowest BCUT2D eigenvalue weighted by molar-refractivity contribution is 1.07. The van der Waals surface area contributed by atoms with Gasteiger partial charge in [-0.05, 0) is 137 Å². The number of nitrogens with zero attached hydrogens (tertiary/aromatic N) is 10. The molecule has 0 saturated heterocycles. The molecule has 0 bridgehead atoms. The predicted octanol–water partition coefficient (Wildman–Crippen LogP) is 31.9. The van der Waals surface area contributed by atoms with Gasteiger partial charge in [0.1, 0.15) is 0 Å². The first-order chi connectivity index (χ1) is 65.5. The molecule has 0 aliphatic rings. The highest BCUT2D eigenvalue weighted by atomic mass is 32.1. The van der Waals surface area contributed by atoms with Gasteiger partial charge >= 0.3 is 0 Å². The third kappa shape index (κ3) is 12.7. The Labute approximate surface area is 766 Å². The number of benzene rings is 19. The molecule has 0 spiro atoms. The molecule has 12 heteroatoms. The minimum Gasteiger partial charge on any atom is -0.309 e. The highest BCUT2D eigenvalue weighted by molar-refractivity contribution is 7.27. The fourth-order valence-electron chi connectivity index (χ4n) is 19.9. The molecule has 19 aromatic carbocycles. The summed E-state index contributed by atoms with van der Waals surface area (Å²) < 4.78 is 14.9. The number of rotatable bonds is 13. The van der Waals surface area contributed by atoms with Crippen molar-refractivity contribution in [2.24, 2.45) is 0 Å². The molecule has 0 radical (unpaired) electrons. The van der Waals surface area contributed by atoms with Crippen molar-refractivity contribution in [2.75, 3.05) is 0 Å². The summed E-state index contributed by atoms with van der Waals surface area (Å²) in [6.45, 7) is 0. The van der Waals surface area contributed by atoms with Crippen LogP contribution < -0.4 is 0 Å². The molecule has 0 fully saturated rings. The second-order valence-electron chi connectivity index (χ2n) is 33.5. The Morgan fingerprint density at radius 2 is 0.402 bits per heavy atom. The normalized spacial score (nSPS) is 11.8. The predicted molar refractivity (Wildman–Crippen MR) is 552 cm³/mol. The van der Waals surface area contributed by atoms with Gasteiger partial charge in [0.05, 0.1) is 53.5 Å². The van der Waals surface area contributed by atoms with Crippen LogP contribution in [0.1, 0.15) is 0 Å². The van der Waals surface area contributed by atoms with E-state index in [1.54, 1.807) is 0 Å². The molecule has 0 aliphatic carbocycles. The molecule has 0 amide bonds. The summed E-state index contributed by atoms with van der Waals surface area (Å²) in [6, 6.07) is 160. The maximum atomic E-state index is 5.05. The molecule has 0 aliphatic heterocycles. The van der Waals surface area contributed by atoms with E-state index in [0.717, 1.165) is 72.4 Å². The van der Waals surface area contributed by atoms with Crippen molar-refractivity contribution in [2.45, 2.75) is 0 Å². The Hall–Kier alpha value is -17.2. The van der Waals surface area contributed by atoms with Gasteiger partial charge in [-0.2, -0.15) is 0 Å². The van der Waals surface area contributed by atoms with Crippen LogP contribution in [0.4, 0.5) is 0 Å². The second-order valence-corrected chi connectivity index (χ2v) is 35.6. The molecular formula is C120H74N10S2. The van der Waals surface area contributed by atoms with Gasteiger partial charge in [-0.3, -0.25) is 0 Å². The summed E-state index contributed by atoms with van der Waals surface area (Å²) >= 11 is 3.81. The topological polar surface area (TPSA) is 97.1 Å². The first-order valence-corrected chi connectivity index (χ1v) is 46.1. The average molecular weight is 1720 g/mol. The van der Waals surface area contributed by atoms with Gasteiger partial charge in [0.25, 0.3) is 0 Å². The molecule has 616 valence electrons. The number of hydrogen-bond acceptors (Lipinski definition) is 8. The van der Waals surface area contributed by atoms with Crippen molar-refractivity contribution < 1.29 is 0 Å². The van der Waals surface area contributed by atoms with Crippen LogP contribution in [-0.4, -0.2) is 48.2 Å². The van der Waals surface area contributed by atoms with E-state index in [1.807, 2.05) is 144 Å². The van der Waals surface area contributed by atoms with Gasteiger partial charge < -0.3 is 18.3 Å². The van der Waals surface area contributed by atoms with Crippen molar-refractivity contribution in [3.63, 3.8) is 0 Å². The van der Waals surface area contributed by atoms with Crippen LogP contribution in [0.15, 0.2) is 449 Å². The SMILES string of the molecule is c1ccc(-c2nc(-c3ccccc3)nc(-c3cccc(-c4cccc(-n5c6ccccc6c6cc(-c7cccc8c7sc7c8ccc8c9ccccc9n(-c9ccccc9)c87)ccc65)c4)c3)n2)cc1.c1ccc(-c2nc(-c3ccccc3)nc(-c3cccc(-n4c5ccccc5c5cc(-c6cccc7c6sc6c7ccc7c8ccccc8n(-c8ccccc8)c76)ccc54)c3)n2)cc1. The quantitative estimate of drug-likeness (QED) is 0.114. The molecule has 8 aromatic heterocycles. The van der Waals surface area contributed by atoms with Crippen LogP contribution in [0.2, 0.25) is 0 Å². The molecule has 10 nitrogen and oxygen atoms in total. The van der Waals surface area contributed by atoms with E-state index < -0.39 is 0 Å². The maximum Gasteiger partial charge on any atom is 0.164 e. The molecule has 0 N–H and O–H groups in total. The number of thiophene rings is 2. The van der Waals surface area contributed by atoms with Crippen molar-refractivity contribution in [3.8, 4) is 124 Å². The summed E-state index contributed by atoms with van der Waals surface area (Å²) in [4.78, 5) is 30.0. The molecular weight excluding hydrogens is 1650 g/mol. The zero-order valence-electron chi connectivity index (χ0n) is 71.0. The van der Waals surface area contributed by atoms with E-state index in [-0.39, 0.29) is 0 Å². The van der Waals surface area contributed by atoms with Crippen LogP contribution >= 0.6 is 22.7 Å². The molecule has 132 heavy (non-hydrogen) atoms. The highest BCUT2D eigenvalue weighted by Crippen LogP contribution is 2.50. The first kappa shape index (κ1) is 76.1.